The summed E-state index contributed by atoms with van der Waals surface area (Å²) in [6.07, 6.45) is 4.38. The van der Waals surface area contributed by atoms with E-state index in [9.17, 15) is 4.79 Å². The van der Waals surface area contributed by atoms with Crippen molar-refractivity contribution in [2.75, 3.05) is 6.54 Å². The van der Waals surface area contributed by atoms with Crippen molar-refractivity contribution in [1.82, 2.24) is 4.90 Å². The van der Waals surface area contributed by atoms with Crippen LogP contribution in [0.3, 0.4) is 0 Å². The highest BCUT2D eigenvalue weighted by Crippen LogP contribution is 2.37. The fraction of sp³-hybridized carbons (Fsp3) is 0.214. The third kappa shape index (κ3) is 2.07. The molecule has 0 N–H and O–H groups in total. The van der Waals surface area contributed by atoms with Crippen molar-refractivity contribution >= 4 is 21.8 Å². The summed E-state index contributed by atoms with van der Waals surface area (Å²) in [5, 5.41) is 0. The topological polar surface area (TPSA) is 20.3 Å². The van der Waals surface area contributed by atoms with Crippen LogP contribution in [0.4, 0.5) is 0 Å². The maximum absolute atomic E-state index is 12.2. The number of benzene rings is 1. The molecule has 0 aliphatic carbocycles. The summed E-state index contributed by atoms with van der Waals surface area (Å²) in [6, 6.07) is 5.88. The van der Waals surface area contributed by atoms with Crippen molar-refractivity contribution in [3.63, 3.8) is 0 Å². The lowest BCUT2D eigenvalue weighted by Crippen LogP contribution is -2.27. The van der Waals surface area contributed by atoms with E-state index in [1.54, 1.807) is 6.08 Å². The summed E-state index contributed by atoms with van der Waals surface area (Å²) in [5.74, 6) is 0.0826. The fourth-order valence-corrected chi connectivity index (χ4v) is 2.61. The Balaban J connectivity index is 2.47. The number of nitrogens with zero attached hydrogens (tertiary/aromatic N) is 1. The molecule has 88 valence electrons. The minimum absolute atomic E-state index is 0.0826. The van der Waals surface area contributed by atoms with Crippen molar-refractivity contribution in [2.45, 2.75) is 12.5 Å². The first-order valence-electron chi connectivity index (χ1n) is 5.51. The summed E-state index contributed by atoms with van der Waals surface area (Å²) in [6.45, 7) is 8.04. The second-order valence-corrected chi connectivity index (χ2v) is 4.93. The lowest BCUT2D eigenvalue weighted by molar-refractivity contribution is 0.0749. The third-order valence-electron chi connectivity index (χ3n) is 2.96. The van der Waals surface area contributed by atoms with Crippen LogP contribution in [0.5, 0.6) is 0 Å². The van der Waals surface area contributed by atoms with Crippen LogP contribution in [0.15, 0.2) is 48.0 Å². The Labute approximate surface area is 110 Å². The van der Waals surface area contributed by atoms with E-state index in [-0.39, 0.29) is 11.9 Å². The molecule has 0 aromatic heterocycles. The van der Waals surface area contributed by atoms with E-state index in [0.29, 0.717) is 6.54 Å². The second-order valence-electron chi connectivity index (χ2n) is 4.02. The van der Waals surface area contributed by atoms with Gasteiger partial charge in [0, 0.05) is 16.6 Å². The largest absolute Gasteiger partial charge is 0.328 e. The van der Waals surface area contributed by atoms with Crippen molar-refractivity contribution < 1.29 is 4.79 Å². The van der Waals surface area contributed by atoms with Gasteiger partial charge >= 0.3 is 0 Å². The average molecular weight is 292 g/mol. The van der Waals surface area contributed by atoms with Crippen LogP contribution in [-0.2, 0) is 0 Å². The number of halogens is 1. The summed E-state index contributed by atoms with van der Waals surface area (Å²) < 4.78 is 0.999. The molecule has 1 aromatic rings. The summed E-state index contributed by atoms with van der Waals surface area (Å²) in [4.78, 5) is 14.1. The summed E-state index contributed by atoms with van der Waals surface area (Å²) in [7, 11) is 0. The van der Waals surface area contributed by atoms with Crippen molar-refractivity contribution in [3.05, 3.63) is 59.1 Å². The molecule has 2 rings (SSSR count). The van der Waals surface area contributed by atoms with E-state index in [0.717, 1.165) is 22.0 Å². The van der Waals surface area contributed by atoms with Gasteiger partial charge in [0.2, 0.25) is 0 Å². The predicted molar refractivity (Wildman–Crippen MR) is 72.9 cm³/mol. The molecular weight excluding hydrogens is 278 g/mol. The molecule has 1 aliphatic heterocycles. The predicted octanol–water partition coefficient (Wildman–Crippen LogP) is 3.71. The van der Waals surface area contributed by atoms with Crippen LogP contribution >= 0.6 is 15.9 Å². The Hall–Kier alpha value is -1.35. The SMILES string of the molecule is C=CCC1c2cc(Br)ccc2C(=O)N1CC=C. The molecule has 1 atom stereocenters. The van der Waals surface area contributed by atoms with Crippen LogP contribution < -0.4 is 0 Å². The van der Waals surface area contributed by atoms with E-state index in [1.807, 2.05) is 29.2 Å². The number of fused-ring (bicyclic) bond motifs is 1. The fourth-order valence-electron chi connectivity index (χ4n) is 2.23. The van der Waals surface area contributed by atoms with E-state index in [1.165, 1.54) is 0 Å². The zero-order chi connectivity index (χ0) is 12.4. The first-order chi connectivity index (χ1) is 8.19. The highest BCUT2D eigenvalue weighted by Gasteiger charge is 2.34. The van der Waals surface area contributed by atoms with Gasteiger partial charge in [-0.05, 0) is 30.2 Å². The first kappa shape index (κ1) is 12.1. The van der Waals surface area contributed by atoms with Crippen LogP contribution in [0.2, 0.25) is 0 Å². The van der Waals surface area contributed by atoms with Gasteiger partial charge < -0.3 is 4.90 Å². The normalized spacial score (nSPS) is 18.1. The molecule has 0 fully saturated rings. The Morgan fingerprint density at radius 1 is 1.35 bits per heavy atom. The maximum atomic E-state index is 12.2. The van der Waals surface area contributed by atoms with Crippen LogP contribution in [-0.4, -0.2) is 17.4 Å². The first-order valence-corrected chi connectivity index (χ1v) is 6.30. The van der Waals surface area contributed by atoms with Gasteiger partial charge in [0.1, 0.15) is 0 Å². The molecule has 17 heavy (non-hydrogen) atoms. The average Bonchev–Trinajstić information content (AvgIpc) is 2.55. The lowest BCUT2D eigenvalue weighted by atomic mass is 10.0. The molecule has 1 heterocycles. The minimum atomic E-state index is 0.0826. The number of amides is 1. The van der Waals surface area contributed by atoms with E-state index in [4.69, 9.17) is 0 Å². The van der Waals surface area contributed by atoms with Crippen molar-refractivity contribution in [1.29, 1.82) is 0 Å². The van der Waals surface area contributed by atoms with Crippen LogP contribution in [0.25, 0.3) is 0 Å². The van der Waals surface area contributed by atoms with Gasteiger partial charge in [-0.2, -0.15) is 0 Å². The molecule has 3 heteroatoms. The van der Waals surface area contributed by atoms with E-state index < -0.39 is 0 Å². The van der Waals surface area contributed by atoms with Gasteiger partial charge in [-0.15, -0.1) is 13.2 Å². The van der Waals surface area contributed by atoms with Gasteiger partial charge in [-0.1, -0.05) is 28.1 Å². The standard InChI is InChI=1S/C14H14BrNO/c1-3-5-13-12-9-10(15)6-7-11(12)14(17)16(13)8-4-2/h3-4,6-7,9,13H,1-2,5,8H2. The van der Waals surface area contributed by atoms with Crippen LogP contribution in [0, 0.1) is 0 Å². The Morgan fingerprint density at radius 3 is 2.76 bits per heavy atom. The molecule has 0 saturated heterocycles. The molecule has 1 unspecified atom stereocenters. The van der Waals surface area contributed by atoms with Gasteiger partial charge in [-0.3, -0.25) is 4.79 Å². The molecule has 1 aliphatic rings. The number of carbonyl (C=O) groups excluding carboxylic acids is 1. The third-order valence-corrected chi connectivity index (χ3v) is 3.45. The van der Waals surface area contributed by atoms with Crippen molar-refractivity contribution in [3.8, 4) is 0 Å². The number of hydrogen-bond donors (Lipinski definition) is 0. The monoisotopic (exact) mass is 291 g/mol. The lowest BCUT2D eigenvalue weighted by Gasteiger charge is -2.22. The van der Waals surface area contributed by atoms with Gasteiger partial charge in [0.05, 0.1) is 6.04 Å². The smallest absolute Gasteiger partial charge is 0.255 e. The second kappa shape index (κ2) is 4.88. The molecule has 0 radical (unpaired) electrons. The minimum Gasteiger partial charge on any atom is -0.328 e. The highest BCUT2D eigenvalue weighted by atomic mass is 79.9. The van der Waals surface area contributed by atoms with Crippen LogP contribution in [0.1, 0.15) is 28.4 Å². The molecule has 1 amide bonds. The molecule has 0 bridgehead atoms. The number of rotatable bonds is 4. The summed E-state index contributed by atoms with van der Waals surface area (Å²) >= 11 is 3.45. The molecular formula is C14H14BrNO. The van der Waals surface area contributed by atoms with Crippen molar-refractivity contribution in [2.24, 2.45) is 0 Å². The van der Waals surface area contributed by atoms with E-state index >= 15 is 0 Å². The quantitative estimate of drug-likeness (QED) is 0.775. The van der Waals surface area contributed by atoms with Gasteiger partial charge in [-0.25, -0.2) is 0 Å². The maximum Gasteiger partial charge on any atom is 0.255 e. The Kier molecular flexibility index (Phi) is 3.48. The zero-order valence-corrected chi connectivity index (χ0v) is 11.1. The highest BCUT2D eigenvalue weighted by molar-refractivity contribution is 9.10. The van der Waals surface area contributed by atoms with Gasteiger partial charge in [0.15, 0.2) is 0 Å². The molecule has 0 spiro atoms. The number of hydrogen-bond acceptors (Lipinski definition) is 1. The number of carbonyl (C=O) groups is 1. The zero-order valence-electron chi connectivity index (χ0n) is 9.53. The van der Waals surface area contributed by atoms with E-state index in [2.05, 4.69) is 29.1 Å². The molecule has 2 nitrogen and oxygen atoms in total. The van der Waals surface area contributed by atoms with Gasteiger partial charge in [0.25, 0.3) is 5.91 Å². The Morgan fingerprint density at radius 2 is 2.12 bits per heavy atom. The molecule has 1 aromatic carbocycles. The molecule has 0 saturated carbocycles. The summed E-state index contributed by atoms with van der Waals surface area (Å²) in [5.41, 5.74) is 1.87. The Bertz CT molecular complexity index is 481.